The van der Waals surface area contributed by atoms with Crippen LogP contribution in [0.25, 0.3) is 0 Å². The first-order valence-electron chi connectivity index (χ1n) is 7.67. The smallest absolute Gasteiger partial charge is 0.303 e. The Morgan fingerprint density at radius 1 is 0.760 bits per heavy atom. The van der Waals surface area contributed by atoms with Crippen LogP contribution in [0, 0.1) is 0 Å². The van der Waals surface area contributed by atoms with Crippen molar-refractivity contribution in [3.63, 3.8) is 0 Å². The average Bonchev–Trinajstić information content (AvgIpc) is 2.48. The predicted molar refractivity (Wildman–Crippen MR) is 81.1 cm³/mol. The van der Waals surface area contributed by atoms with Crippen LogP contribution in [-0.4, -0.2) is 72.6 Å². The SMILES string of the molecule is CC(=O)OC[C@H]1N[C@H](CO)[C@H](OC(C)=O)[C@@H](OC(C)=O)[C@@H]1OC(C)=O. The number of aliphatic hydroxyl groups excluding tert-OH is 1. The molecule has 0 unspecified atom stereocenters. The molecule has 10 nitrogen and oxygen atoms in total. The van der Waals surface area contributed by atoms with Gasteiger partial charge in [0, 0.05) is 27.7 Å². The molecule has 1 aliphatic heterocycles. The van der Waals surface area contributed by atoms with Crippen molar-refractivity contribution >= 4 is 23.9 Å². The maximum atomic E-state index is 11.5. The van der Waals surface area contributed by atoms with Crippen molar-refractivity contribution < 1.29 is 43.2 Å². The van der Waals surface area contributed by atoms with Gasteiger partial charge in [0.1, 0.15) is 6.61 Å². The van der Waals surface area contributed by atoms with Gasteiger partial charge in [-0.2, -0.15) is 0 Å². The minimum Gasteiger partial charge on any atom is -0.464 e. The number of carbonyl (C=O) groups excluding carboxylic acids is 4. The standard InChI is InChI=1S/C15H23NO9/c1-7(18)22-6-12-14(24-9(3)20)15(25-10(4)21)13(23-8(2)19)11(5-17)16-12/h11-17H,5-6H2,1-4H3/t11-,12-,13+,14-,15-/m1/s1. The third-order valence-corrected chi connectivity index (χ3v) is 3.44. The third kappa shape index (κ3) is 6.31. The van der Waals surface area contributed by atoms with E-state index in [9.17, 15) is 24.3 Å². The van der Waals surface area contributed by atoms with Gasteiger partial charge in [0.2, 0.25) is 0 Å². The molecule has 10 heteroatoms. The fourth-order valence-corrected chi connectivity index (χ4v) is 2.62. The molecular formula is C15H23NO9. The van der Waals surface area contributed by atoms with Crippen molar-refractivity contribution in [3.05, 3.63) is 0 Å². The molecule has 1 heterocycles. The van der Waals surface area contributed by atoms with Gasteiger partial charge in [-0.1, -0.05) is 0 Å². The Hall–Kier alpha value is -2.20. The van der Waals surface area contributed by atoms with Crippen LogP contribution in [0.1, 0.15) is 27.7 Å². The summed E-state index contributed by atoms with van der Waals surface area (Å²) < 4.78 is 20.5. The highest BCUT2D eigenvalue weighted by Gasteiger charge is 2.50. The Morgan fingerprint density at radius 2 is 1.20 bits per heavy atom. The Kier molecular flexibility index (Phi) is 7.78. The van der Waals surface area contributed by atoms with Gasteiger partial charge in [-0.25, -0.2) is 0 Å². The lowest BCUT2D eigenvalue weighted by Gasteiger charge is -2.44. The number of nitrogens with one attached hydrogen (secondary N) is 1. The third-order valence-electron chi connectivity index (χ3n) is 3.44. The van der Waals surface area contributed by atoms with Crippen LogP contribution in [0.5, 0.6) is 0 Å². The van der Waals surface area contributed by atoms with Gasteiger partial charge in [0.05, 0.1) is 18.7 Å². The van der Waals surface area contributed by atoms with Crippen LogP contribution in [0.2, 0.25) is 0 Å². The summed E-state index contributed by atoms with van der Waals surface area (Å²) in [7, 11) is 0. The summed E-state index contributed by atoms with van der Waals surface area (Å²) in [6.45, 7) is 4.01. The Balaban J connectivity index is 3.18. The maximum absolute atomic E-state index is 11.5. The molecule has 0 aromatic carbocycles. The van der Waals surface area contributed by atoms with E-state index in [0.29, 0.717) is 0 Å². The van der Waals surface area contributed by atoms with Crippen LogP contribution in [-0.2, 0) is 38.1 Å². The second-order valence-electron chi connectivity index (χ2n) is 5.59. The van der Waals surface area contributed by atoms with E-state index in [1.807, 2.05) is 0 Å². The molecule has 25 heavy (non-hydrogen) atoms. The van der Waals surface area contributed by atoms with E-state index in [1.165, 1.54) is 6.92 Å². The van der Waals surface area contributed by atoms with Crippen LogP contribution in [0.4, 0.5) is 0 Å². The first kappa shape index (κ1) is 20.8. The lowest BCUT2D eigenvalue weighted by Crippen LogP contribution is -2.69. The summed E-state index contributed by atoms with van der Waals surface area (Å²) in [4.78, 5) is 45.4. The summed E-state index contributed by atoms with van der Waals surface area (Å²) in [5, 5.41) is 12.5. The zero-order valence-electron chi connectivity index (χ0n) is 14.5. The lowest BCUT2D eigenvalue weighted by molar-refractivity contribution is -0.201. The van der Waals surface area contributed by atoms with Gasteiger partial charge in [-0.15, -0.1) is 0 Å². The molecule has 1 aliphatic rings. The zero-order chi connectivity index (χ0) is 19.1. The second-order valence-corrected chi connectivity index (χ2v) is 5.59. The lowest BCUT2D eigenvalue weighted by atomic mass is 9.90. The van der Waals surface area contributed by atoms with E-state index < -0.39 is 60.9 Å². The van der Waals surface area contributed by atoms with Crippen molar-refractivity contribution in [1.82, 2.24) is 5.32 Å². The summed E-state index contributed by atoms with van der Waals surface area (Å²) in [6, 6.07) is -1.60. The number of piperidine rings is 1. The summed E-state index contributed by atoms with van der Waals surface area (Å²) in [6.07, 6.45) is -3.36. The minimum absolute atomic E-state index is 0.200. The molecule has 2 N–H and O–H groups in total. The number of rotatable bonds is 6. The highest BCUT2D eigenvalue weighted by molar-refractivity contribution is 5.68. The van der Waals surface area contributed by atoms with Crippen molar-refractivity contribution in [3.8, 4) is 0 Å². The molecule has 0 saturated carbocycles. The van der Waals surface area contributed by atoms with E-state index in [4.69, 9.17) is 18.9 Å². The van der Waals surface area contributed by atoms with Crippen molar-refractivity contribution in [2.45, 2.75) is 58.1 Å². The topological polar surface area (TPSA) is 137 Å². The highest BCUT2D eigenvalue weighted by atomic mass is 16.6. The number of hydrogen-bond donors (Lipinski definition) is 2. The van der Waals surface area contributed by atoms with E-state index in [-0.39, 0.29) is 6.61 Å². The number of aliphatic hydroxyl groups is 1. The predicted octanol–water partition coefficient (Wildman–Crippen LogP) is -1.32. The zero-order valence-corrected chi connectivity index (χ0v) is 14.5. The first-order valence-corrected chi connectivity index (χ1v) is 7.67. The van der Waals surface area contributed by atoms with E-state index in [2.05, 4.69) is 5.32 Å². The van der Waals surface area contributed by atoms with Gasteiger partial charge in [-0.3, -0.25) is 24.5 Å². The average molecular weight is 361 g/mol. The largest absolute Gasteiger partial charge is 0.464 e. The van der Waals surface area contributed by atoms with E-state index in [1.54, 1.807) is 0 Å². The molecule has 142 valence electrons. The van der Waals surface area contributed by atoms with Crippen molar-refractivity contribution in [2.75, 3.05) is 13.2 Å². The fraction of sp³-hybridized carbons (Fsp3) is 0.733. The van der Waals surface area contributed by atoms with Gasteiger partial charge < -0.3 is 24.1 Å². The van der Waals surface area contributed by atoms with Crippen molar-refractivity contribution in [1.29, 1.82) is 0 Å². The second kappa shape index (κ2) is 9.33. The number of carbonyl (C=O) groups is 4. The molecule has 1 rings (SSSR count). The molecule has 1 fully saturated rings. The molecular weight excluding hydrogens is 338 g/mol. The normalized spacial score (nSPS) is 28.6. The molecule has 1 saturated heterocycles. The Labute approximate surface area is 144 Å². The summed E-state index contributed by atoms with van der Waals surface area (Å²) in [5.41, 5.74) is 0. The maximum Gasteiger partial charge on any atom is 0.303 e. The molecule has 5 atom stereocenters. The van der Waals surface area contributed by atoms with Crippen LogP contribution in [0.3, 0.4) is 0 Å². The number of hydrogen-bond acceptors (Lipinski definition) is 10. The van der Waals surface area contributed by atoms with Crippen LogP contribution >= 0.6 is 0 Å². The summed E-state index contributed by atoms with van der Waals surface area (Å²) in [5.74, 6) is -2.58. The number of esters is 4. The van der Waals surface area contributed by atoms with Gasteiger partial charge in [-0.05, 0) is 0 Å². The molecule has 0 spiro atoms. The van der Waals surface area contributed by atoms with Gasteiger partial charge in [0.15, 0.2) is 18.3 Å². The molecule has 0 aliphatic carbocycles. The number of ether oxygens (including phenoxy) is 4. The monoisotopic (exact) mass is 361 g/mol. The molecule has 0 amide bonds. The van der Waals surface area contributed by atoms with E-state index in [0.717, 1.165) is 20.8 Å². The summed E-state index contributed by atoms with van der Waals surface area (Å²) >= 11 is 0. The minimum atomic E-state index is -1.18. The first-order chi connectivity index (χ1) is 11.6. The highest BCUT2D eigenvalue weighted by Crippen LogP contribution is 2.25. The van der Waals surface area contributed by atoms with Crippen LogP contribution < -0.4 is 5.32 Å². The van der Waals surface area contributed by atoms with Gasteiger partial charge in [0.25, 0.3) is 0 Å². The van der Waals surface area contributed by atoms with E-state index >= 15 is 0 Å². The Morgan fingerprint density at radius 3 is 1.60 bits per heavy atom. The quantitative estimate of drug-likeness (QED) is 0.432. The molecule has 0 aromatic rings. The van der Waals surface area contributed by atoms with Crippen molar-refractivity contribution in [2.24, 2.45) is 0 Å². The molecule has 0 aromatic heterocycles. The van der Waals surface area contributed by atoms with Gasteiger partial charge >= 0.3 is 23.9 Å². The molecule has 0 bridgehead atoms. The van der Waals surface area contributed by atoms with Crippen LogP contribution in [0.15, 0.2) is 0 Å². The Bertz CT molecular complexity index is 521. The fourth-order valence-electron chi connectivity index (χ4n) is 2.62. The molecule has 0 radical (unpaired) electrons.